The molecule has 0 saturated carbocycles. The Bertz CT molecular complexity index is 117. The van der Waals surface area contributed by atoms with Gasteiger partial charge in [0.25, 0.3) is 0 Å². The molecule has 0 fully saturated rings. The molecule has 0 aliphatic rings. The summed E-state index contributed by atoms with van der Waals surface area (Å²) in [5.74, 6) is 2.78. The topological polar surface area (TPSA) is 0 Å². The standard InChI is InChI=1S/C14H30/c1-6-8-9-13(4)14(5)11-10-12(3)7-2/h12-14H,6-11H2,1-5H3/t12-,13+,14?/m0/s1. The Morgan fingerprint density at radius 3 is 1.86 bits per heavy atom. The lowest BCUT2D eigenvalue weighted by molar-refractivity contribution is 0.308. The van der Waals surface area contributed by atoms with Crippen molar-refractivity contribution in [3.8, 4) is 0 Å². The van der Waals surface area contributed by atoms with Crippen molar-refractivity contribution >= 4 is 0 Å². The molecule has 0 spiro atoms. The molecule has 3 atom stereocenters. The van der Waals surface area contributed by atoms with E-state index < -0.39 is 0 Å². The Morgan fingerprint density at radius 1 is 0.786 bits per heavy atom. The first-order valence-corrected chi connectivity index (χ1v) is 6.61. The average molecular weight is 198 g/mol. The second-order valence-electron chi connectivity index (χ2n) is 5.19. The molecule has 0 bridgehead atoms. The minimum absolute atomic E-state index is 0.926. The van der Waals surface area contributed by atoms with Crippen LogP contribution in [0.2, 0.25) is 0 Å². The molecule has 0 heterocycles. The average Bonchev–Trinajstić information content (AvgIpc) is 2.21. The van der Waals surface area contributed by atoms with Gasteiger partial charge in [-0.1, -0.05) is 73.1 Å². The van der Waals surface area contributed by atoms with E-state index in [4.69, 9.17) is 0 Å². The van der Waals surface area contributed by atoms with Gasteiger partial charge in [-0.2, -0.15) is 0 Å². The zero-order chi connectivity index (χ0) is 11.0. The second-order valence-corrected chi connectivity index (χ2v) is 5.19. The normalized spacial score (nSPS) is 17.8. The van der Waals surface area contributed by atoms with Gasteiger partial charge in [0.15, 0.2) is 0 Å². The van der Waals surface area contributed by atoms with Gasteiger partial charge >= 0.3 is 0 Å². The molecule has 0 rings (SSSR count). The van der Waals surface area contributed by atoms with Gasteiger partial charge in [-0.3, -0.25) is 0 Å². The first-order valence-electron chi connectivity index (χ1n) is 6.61. The van der Waals surface area contributed by atoms with Gasteiger partial charge in [-0.05, 0) is 17.8 Å². The fourth-order valence-electron chi connectivity index (χ4n) is 1.85. The van der Waals surface area contributed by atoms with Crippen LogP contribution in [0.1, 0.15) is 73.1 Å². The second kappa shape index (κ2) is 8.32. The zero-order valence-corrected chi connectivity index (χ0v) is 11.0. The summed E-state index contributed by atoms with van der Waals surface area (Å²) in [6, 6.07) is 0. The van der Waals surface area contributed by atoms with Crippen molar-refractivity contribution in [1.29, 1.82) is 0 Å². The molecule has 0 heteroatoms. The van der Waals surface area contributed by atoms with Crippen LogP contribution < -0.4 is 0 Å². The number of unbranched alkanes of at least 4 members (excludes halogenated alkanes) is 1. The molecule has 0 saturated heterocycles. The highest BCUT2D eigenvalue weighted by Crippen LogP contribution is 2.24. The summed E-state index contributed by atoms with van der Waals surface area (Å²) < 4.78 is 0. The van der Waals surface area contributed by atoms with Gasteiger partial charge in [0.2, 0.25) is 0 Å². The Kier molecular flexibility index (Phi) is 8.32. The summed E-state index contributed by atoms with van der Waals surface area (Å²) in [6.45, 7) is 11.8. The largest absolute Gasteiger partial charge is 0.0654 e. The predicted octanol–water partition coefficient (Wildman–Crippen LogP) is 5.28. The van der Waals surface area contributed by atoms with Crippen LogP contribution in [0.5, 0.6) is 0 Å². The highest BCUT2D eigenvalue weighted by molar-refractivity contribution is 4.63. The molecule has 1 unspecified atom stereocenters. The molecule has 0 aromatic carbocycles. The van der Waals surface area contributed by atoms with E-state index in [1.54, 1.807) is 0 Å². The van der Waals surface area contributed by atoms with Crippen molar-refractivity contribution in [2.24, 2.45) is 17.8 Å². The van der Waals surface area contributed by atoms with Crippen LogP contribution in [0.15, 0.2) is 0 Å². The molecule has 0 amide bonds. The van der Waals surface area contributed by atoms with E-state index in [1.807, 2.05) is 0 Å². The minimum atomic E-state index is 0.926. The summed E-state index contributed by atoms with van der Waals surface area (Å²) in [7, 11) is 0. The first kappa shape index (κ1) is 14.0. The maximum Gasteiger partial charge on any atom is -0.0417 e. The van der Waals surface area contributed by atoms with Crippen LogP contribution in [0, 0.1) is 17.8 Å². The van der Waals surface area contributed by atoms with Crippen LogP contribution in [-0.4, -0.2) is 0 Å². The zero-order valence-electron chi connectivity index (χ0n) is 11.0. The van der Waals surface area contributed by atoms with E-state index in [0.29, 0.717) is 0 Å². The van der Waals surface area contributed by atoms with E-state index in [0.717, 1.165) is 17.8 Å². The molecule has 0 aliphatic carbocycles. The fourth-order valence-corrected chi connectivity index (χ4v) is 1.85. The van der Waals surface area contributed by atoms with Crippen molar-refractivity contribution in [3.05, 3.63) is 0 Å². The molecule has 0 radical (unpaired) electrons. The summed E-state index contributed by atoms with van der Waals surface area (Å²) in [5.41, 5.74) is 0. The van der Waals surface area contributed by atoms with Gasteiger partial charge < -0.3 is 0 Å². The monoisotopic (exact) mass is 198 g/mol. The van der Waals surface area contributed by atoms with E-state index in [1.165, 1.54) is 38.5 Å². The number of hydrogen-bond acceptors (Lipinski definition) is 0. The molecule has 14 heavy (non-hydrogen) atoms. The Labute approximate surface area is 91.5 Å². The lowest BCUT2D eigenvalue weighted by atomic mass is 9.85. The molecule has 0 aromatic heterocycles. The van der Waals surface area contributed by atoms with Gasteiger partial charge in [0.05, 0.1) is 0 Å². The Balaban J connectivity index is 3.55. The summed E-state index contributed by atoms with van der Waals surface area (Å²) in [5, 5.41) is 0. The van der Waals surface area contributed by atoms with Gasteiger partial charge in [0, 0.05) is 0 Å². The third-order valence-electron chi connectivity index (χ3n) is 3.80. The van der Waals surface area contributed by atoms with E-state index in [-0.39, 0.29) is 0 Å². The van der Waals surface area contributed by atoms with Crippen molar-refractivity contribution in [2.45, 2.75) is 73.1 Å². The summed E-state index contributed by atoms with van der Waals surface area (Å²) >= 11 is 0. The molecule has 0 N–H and O–H groups in total. The van der Waals surface area contributed by atoms with E-state index in [2.05, 4.69) is 34.6 Å². The molecular weight excluding hydrogens is 168 g/mol. The van der Waals surface area contributed by atoms with E-state index >= 15 is 0 Å². The predicted molar refractivity (Wildman–Crippen MR) is 66.5 cm³/mol. The van der Waals surface area contributed by atoms with Crippen molar-refractivity contribution in [3.63, 3.8) is 0 Å². The van der Waals surface area contributed by atoms with Crippen molar-refractivity contribution in [2.75, 3.05) is 0 Å². The number of rotatable bonds is 8. The summed E-state index contributed by atoms with van der Waals surface area (Å²) in [4.78, 5) is 0. The minimum Gasteiger partial charge on any atom is -0.0654 e. The molecule has 0 aromatic rings. The maximum absolute atomic E-state index is 2.43. The fraction of sp³-hybridized carbons (Fsp3) is 1.00. The van der Waals surface area contributed by atoms with Crippen LogP contribution in [0.25, 0.3) is 0 Å². The maximum atomic E-state index is 2.43. The SMILES string of the molecule is CCCC[C@@H](C)C(C)CC[C@@H](C)CC. The van der Waals surface area contributed by atoms with Gasteiger partial charge in [-0.15, -0.1) is 0 Å². The van der Waals surface area contributed by atoms with Gasteiger partial charge in [0.1, 0.15) is 0 Å². The third kappa shape index (κ3) is 6.45. The Hall–Kier alpha value is 0. The van der Waals surface area contributed by atoms with Crippen LogP contribution in [0.4, 0.5) is 0 Å². The quantitative estimate of drug-likeness (QED) is 0.498. The lowest BCUT2D eigenvalue weighted by Gasteiger charge is -2.21. The highest BCUT2D eigenvalue weighted by atomic mass is 14.2. The van der Waals surface area contributed by atoms with Crippen LogP contribution in [-0.2, 0) is 0 Å². The van der Waals surface area contributed by atoms with E-state index in [9.17, 15) is 0 Å². The summed E-state index contributed by atoms with van der Waals surface area (Å²) in [6.07, 6.45) is 8.39. The van der Waals surface area contributed by atoms with Crippen molar-refractivity contribution < 1.29 is 0 Å². The van der Waals surface area contributed by atoms with Crippen LogP contribution in [0.3, 0.4) is 0 Å². The van der Waals surface area contributed by atoms with Gasteiger partial charge in [-0.25, -0.2) is 0 Å². The van der Waals surface area contributed by atoms with Crippen molar-refractivity contribution in [1.82, 2.24) is 0 Å². The molecular formula is C14H30. The van der Waals surface area contributed by atoms with Crippen LogP contribution >= 0.6 is 0 Å². The smallest absolute Gasteiger partial charge is 0.0417 e. The Morgan fingerprint density at radius 2 is 1.36 bits per heavy atom. The molecule has 0 aliphatic heterocycles. The number of hydrogen-bond donors (Lipinski definition) is 0. The lowest BCUT2D eigenvalue weighted by Crippen LogP contribution is -2.09. The molecule has 86 valence electrons. The molecule has 0 nitrogen and oxygen atoms in total. The first-order chi connectivity index (χ1) is 6.61. The third-order valence-corrected chi connectivity index (χ3v) is 3.80. The highest BCUT2D eigenvalue weighted by Gasteiger charge is 2.12.